The van der Waals surface area contributed by atoms with E-state index < -0.39 is 11.2 Å². The van der Waals surface area contributed by atoms with Crippen molar-refractivity contribution >= 4 is 33.5 Å². The Hall–Kier alpha value is -3.60. The van der Waals surface area contributed by atoms with Crippen molar-refractivity contribution < 1.29 is 9.18 Å². The van der Waals surface area contributed by atoms with Gasteiger partial charge < -0.3 is 9.88 Å². The van der Waals surface area contributed by atoms with Crippen LogP contribution in [0, 0.1) is 5.82 Å². The van der Waals surface area contributed by atoms with Crippen LogP contribution in [0.2, 0.25) is 0 Å². The fourth-order valence-corrected chi connectivity index (χ4v) is 4.01. The number of aryl methyl sites for hydroxylation is 2. The zero-order chi connectivity index (χ0) is 22.1. The summed E-state index contributed by atoms with van der Waals surface area (Å²) in [5.41, 5.74) is 0.997. The summed E-state index contributed by atoms with van der Waals surface area (Å²) in [5, 5.41) is 4.92. The van der Waals surface area contributed by atoms with Crippen LogP contribution in [-0.2, 0) is 25.4 Å². The minimum absolute atomic E-state index is 0.209. The molecule has 0 fully saturated rings. The number of benzene rings is 1. The fourth-order valence-electron chi connectivity index (χ4n) is 3.27. The summed E-state index contributed by atoms with van der Waals surface area (Å²) in [6.07, 6.45) is 2.17. The van der Waals surface area contributed by atoms with E-state index >= 15 is 0 Å². The average molecular weight is 442 g/mol. The van der Waals surface area contributed by atoms with Gasteiger partial charge in [-0.25, -0.2) is 19.2 Å². The van der Waals surface area contributed by atoms with E-state index in [0.29, 0.717) is 40.5 Å². The van der Waals surface area contributed by atoms with Gasteiger partial charge in [-0.2, -0.15) is 0 Å². The minimum Gasteiger partial charge on any atom is -0.325 e. The number of rotatable bonds is 6. The zero-order valence-corrected chi connectivity index (χ0v) is 17.6. The first kappa shape index (κ1) is 20.7. The predicted octanol–water partition coefficient (Wildman–Crippen LogP) is 2.12. The summed E-state index contributed by atoms with van der Waals surface area (Å²) in [7, 11) is 2.97. The van der Waals surface area contributed by atoms with E-state index in [-0.39, 0.29) is 18.1 Å². The summed E-state index contributed by atoms with van der Waals surface area (Å²) in [4.78, 5) is 45.2. The number of carbonyl (C=O) groups excluding carboxylic acids is 1. The summed E-state index contributed by atoms with van der Waals surface area (Å²) in [6.45, 7) is 0.393. The first-order valence-corrected chi connectivity index (χ1v) is 10.4. The van der Waals surface area contributed by atoms with Crippen molar-refractivity contribution in [2.75, 3.05) is 5.32 Å². The number of thiazole rings is 1. The standard InChI is InChI=1S/C20H19FN6O3S/c1-25-17-16(18(29)26(2)20(25)30)27(11-22-17)8-4-7-15(28)24-19-23-14(10-31-19)12-5-3-6-13(21)9-12/h3,5-6,9-11H,4,7-8H2,1-2H3,(H,23,24,28). The van der Waals surface area contributed by atoms with Crippen LogP contribution in [0.5, 0.6) is 0 Å². The number of fused-ring (bicyclic) bond motifs is 1. The van der Waals surface area contributed by atoms with Crippen LogP contribution < -0.4 is 16.6 Å². The zero-order valence-electron chi connectivity index (χ0n) is 16.8. The van der Waals surface area contributed by atoms with Gasteiger partial charge in [0.2, 0.25) is 5.91 Å². The minimum atomic E-state index is -0.441. The number of amides is 1. The van der Waals surface area contributed by atoms with Gasteiger partial charge in [-0.1, -0.05) is 12.1 Å². The summed E-state index contributed by atoms with van der Waals surface area (Å²) >= 11 is 1.26. The molecule has 0 atom stereocenters. The molecule has 0 aliphatic heterocycles. The topological polar surface area (TPSA) is 104 Å². The molecular formula is C20H19FN6O3S. The second kappa shape index (κ2) is 8.26. The van der Waals surface area contributed by atoms with Crippen molar-refractivity contribution in [1.29, 1.82) is 0 Å². The van der Waals surface area contributed by atoms with Gasteiger partial charge in [-0.15, -0.1) is 11.3 Å². The smallest absolute Gasteiger partial charge is 0.325 e. The van der Waals surface area contributed by atoms with E-state index in [1.807, 2.05) is 0 Å². The molecule has 3 aromatic heterocycles. The van der Waals surface area contributed by atoms with Crippen LogP contribution in [-0.4, -0.2) is 29.6 Å². The number of aromatic nitrogens is 5. The largest absolute Gasteiger partial charge is 0.332 e. The summed E-state index contributed by atoms with van der Waals surface area (Å²) in [6, 6.07) is 6.10. The molecule has 1 aromatic carbocycles. The second-order valence-electron chi connectivity index (χ2n) is 7.02. The molecule has 0 unspecified atom stereocenters. The molecular weight excluding hydrogens is 423 g/mol. The number of hydrogen-bond donors (Lipinski definition) is 1. The third-order valence-corrected chi connectivity index (χ3v) is 5.65. The van der Waals surface area contributed by atoms with Crippen LogP contribution in [0.1, 0.15) is 12.8 Å². The Kier molecular flexibility index (Phi) is 5.51. The normalized spacial score (nSPS) is 11.2. The van der Waals surface area contributed by atoms with Crippen LogP contribution in [0.4, 0.5) is 9.52 Å². The maximum atomic E-state index is 13.4. The Labute approximate surface area is 179 Å². The molecule has 4 aromatic rings. The SMILES string of the molecule is Cn1c(=O)c2c(ncn2CCCC(=O)Nc2nc(-c3cccc(F)c3)cs2)n(C)c1=O. The van der Waals surface area contributed by atoms with E-state index in [4.69, 9.17) is 0 Å². The lowest BCUT2D eigenvalue weighted by Crippen LogP contribution is -2.37. The molecule has 1 amide bonds. The molecule has 0 spiro atoms. The highest BCUT2D eigenvalue weighted by molar-refractivity contribution is 7.14. The molecule has 1 N–H and O–H groups in total. The molecule has 0 saturated heterocycles. The highest BCUT2D eigenvalue weighted by atomic mass is 32.1. The molecule has 0 bridgehead atoms. The Morgan fingerprint density at radius 1 is 1.23 bits per heavy atom. The van der Waals surface area contributed by atoms with E-state index in [1.54, 1.807) is 29.1 Å². The van der Waals surface area contributed by atoms with Crippen molar-refractivity contribution in [2.45, 2.75) is 19.4 Å². The molecule has 4 rings (SSSR count). The Balaban J connectivity index is 1.39. The highest BCUT2D eigenvalue weighted by Crippen LogP contribution is 2.25. The highest BCUT2D eigenvalue weighted by Gasteiger charge is 2.14. The van der Waals surface area contributed by atoms with Crippen molar-refractivity contribution in [1.82, 2.24) is 23.7 Å². The van der Waals surface area contributed by atoms with E-state index in [1.165, 1.54) is 41.4 Å². The molecule has 160 valence electrons. The van der Waals surface area contributed by atoms with Gasteiger partial charge in [0.25, 0.3) is 5.56 Å². The van der Waals surface area contributed by atoms with Gasteiger partial charge in [0.15, 0.2) is 16.3 Å². The first-order valence-electron chi connectivity index (χ1n) is 9.47. The Morgan fingerprint density at radius 2 is 2.03 bits per heavy atom. The Morgan fingerprint density at radius 3 is 2.81 bits per heavy atom. The number of nitrogens with one attached hydrogen (secondary N) is 1. The van der Waals surface area contributed by atoms with Gasteiger partial charge in [0, 0.05) is 38.0 Å². The van der Waals surface area contributed by atoms with Crippen molar-refractivity contribution in [3.63, 3.8) is 0 Å². The number of hydrogen-bond acceptors (Lipinski definition) is 6. The second-order valence-corrected chi connectivity index (χ2v) is 7.87. The third-order valence-electron chi connectivity index (χ3n) is 4.89. The van der Waals surface area contributed by atoms with Gasteiger partial charge in [0.1, 0.15) is 5.82 Å². The first-order chi connectivity index (χ1) is 14.8. The maximum absolute atomic E-state index is 13.4. The molecule has 9 nitrogen and oxygen atoms in total. The van der Waals surface area contributed by atoms with E-state index in [2.05, 4.69) is 15.3 Å². The van der Waals surface area contributed by atoms with Crippen molar-refractivity contribution in [3.8, 4) is 11.3 Å². The number of anilines is 1. The third kappa shape index (κ3) is 4.04. The molecule has 0 aliphatic carbocycles. The summed E-state index contributed by atoms with van der Waals surface area (Å²) in [5.74, 6) is -0.567. The van der Waals surface area contributed by atoms with E-state index in [0.717, 1.165) is 4.57 Å². The lowest BCUT2D eigenvalue weighted by molar-refractivity contribution is -0.116. The molecule has 0 aliphatic rings. The van der Waals surface area contributed by atoms with Gasteiger partial charge in [-0.05, 0) is 18.6 Å². The monoisotopic (exact) mass is 442 g/mol. The molecule has 31 heavy (non-hydrogen) atoms. The number of halogens is 1. The van der Waals surface area contributed by atoms with Crippen LogP contribution in [0.3, 0.4) is 0 Å². The fraction of sp³-hybridized carbons (Fsp3) is 0.250. The van der Waals surface area contributed by atoms with E-state index in [9.17, 15) is 18.8 Å². The number of nitrogens with zero attached hydrogens (tertiary/aromatic N) is 5. The lowest BCUT2D eigenvalue weighted by atomic mass is 10.2. The molecule has 11 heteroatoms. The molecule has 0 saturated carbocycles. The Bertz CT molecular complexity index is 1400. The predicted molar refractivity (Wildman–Crippen MR) is 116 cm³/mol. The number of imidazole rings is 1. The molecule has 3 heterocycles. The lowest BCUT2D eigenvalue weighted by Gasteiger charge is -2.06. The van der Waals surface area contributed by atoms with Crippen LogP contribution >= 0.6 is 11.3 Å². The van der Waals surface area contributed by atoms with Crippen molar-refractivity contribution in [2.24, 2.45) is 14.1 Å². The average Bonchev–Trinajstić information content (AvgIpc) is 3.38. The van der Waals surface area contributed by atoms with Crippen LogP contribution in [0.15, 0.2) is 45.6 Å². The van der Waals surface area contributed by atoms with Crippen molar-refractivity contribution in [3.05, 3.63) is 62.6 Å². The summed E-state index contributed by atoms with van der Waals surface area (Å²) < 4.78 is 17.4. The van der Waals surface area contributed by atoms with Gasteiger partial charge in [0.05, 0.1) is 12.0 Å². The quantitative estimate of drug-likeness (QED) is 0.493. The molecule has 0 radical (unpaired) electrons. The van der Waals surface area contributed by atoms with Gasteiger partial charge in [-0.3, -0.25) is 18.7 Å². The van der Waals surface area contributed by atoms with Crippen LogP contribution in [0.25, 0.3) is 22.4 Å². The number of carbonyl (C=O) groups is 1. The van der Waals surface area contributed by atoms with Gasteiger partial charge >= 0.3 is 5.69 Å². The maximum Gasteiger partial charge on any atom is 0.332 e.